The Morgan fingerprint density at radius 3 is 2.70 bits per heavy atom. The van der Waals surface area contributed by atoms with Crippen molar-refractivity contribution in [2.45, 2.75) is 6.42 Å². The number of anilines is 1. The van der Waals surface area contributed by atoms with E-state index in [9.17, 15) is 9.59 Å². The number of para-hydroxylation sites is 1. The van der Waals surface area contributed by atoms with Crippen molar-refractivity contribution in [3.63, 3.8) is 0 Å². The molecule has 0 aliphatic carbocycles. The van der Waals surface area contributed by atoms with Crippen LogP contribution in [-0.2, 0) is 23.8 Å². The highest BCUT2D eigenvalue weighted by Gasteiger charge is 2.21. The molecule has 1 aromatic carbocycles. The van der Waals surface area contributed by atoms with Gasteiger partial charge < -0.3 is 19.1 Å². The van der Waals surface area contributed by atoms with Crippen LogP contribution in [0.5, 0.6) is 0 Å². The van der Waals surface area contributed by atoms with E-state index in [0.29, 0.717) is 12.3 Å². The number of hydrogen-bond donors (Lipinski definition) is 0. The number of hydrogen-bond acceptors (Lipinski definition) is 6. The summed E-state index contributed by atoms with van der Waals surface area (Å²) in [4.78, 5) is 25.4. The first-order chi connectivity index (χ1) is 11.2. The van der Waals surface area contributed by atoms with Crippen molar-refractivity contribution < 1.29 is 23.8 Å². The normalized spacial score (nSPS) is 12.9. The van der Waals surface area contributed by atoms with Gasteiger partial charge in [0.25, 0.3) is 5.91 Å². The van der Waals surface area contributed by atoms with Crippen molar-refractivity contribution in [2.24, 2.45) is 0 Å². The summed E-state index contributed by atoms with van der Waals surface area (Å²) in [6, 6.07) is 10.9. The monoisotopic (exact) mass is 316 g/mol. The van der Waals surface area contributed by atoms with Gasteiger partial charge in [0, 0.05) is 12.2 Å². The number of ether oxygens (including phenoxy) is 3. The highest BCUT2D eigenvalue weighted by molar-refractivity contribution is 5.96. The van der Waals surface area contributed by atoms with Crippen LogP contribution in [0.25, 0.3) is 0 Å². The lowest BCUT2D eigenvalue weighted by atomic mass is 10.2. The number of nitriles is 1. The van der Waals surface area contributed by atoms with Gasteiger partial charge in [-0.3, -0.25) is 4.79 Å². The number of carbonyl (C=O) groups excluding carboxylic acids is 2. The molecule has 0 saturated heterocycles. The Bertz CT molecular complexity index is 621. The summed E-state index contributed by atoms with van der Waals surface area (Å²) in [6.07, 6.45) is 1.34. The number of amides is 1. The van der Waals surface area contributed by atoms with Crippen molar-refractivity contribution >= 4 is 17.6 Å². The van der Waals surface area contributed by atoms with E-state index < -0.39 is 18.5 Å². The number of nitrogens with zero attached hydrogens (tertiary/aromatic N) is 2. The molecule has 0 unspecified atom stereocenters. The molecule has 1 aliphatic rings. The molecule has 1 aromatic rings. The molecule has 7 nitrogen and oxygen atoms in total. The van der Waals surface area contributed by atoms with Crippen LogP contribution in [0.2, 0.25) is 0 Å². The molecule has 1 amide bonds. The summed E-state index contributed by atoms with van der Waals surface area (Å²) < 4.78 is 15.0. The van der Waals surface area contributed by atoms with Gasteiger partial charge in [0.1, 0.15) is 19.5 Å². The summed E-state index contributed by atoms with van der Waals surface area (Å²) in [7, 11) is 0. The Hall–Kier alpha value is -3.01. The zero-order chi connectivity index (χ0) is 16.5. The highest BCUT2D eigenvalue weighted by atomic mass is 16.6. The van der Waals surface area contributed by atoms with Gasteiger partial charge in [-0.2, -0.15) is 5.26 Å². The van der Waals surface area contributed by atoms with Gasteiger partial charge >= 0.3 is 5.97 Å². The summed E-state index contributed by atoms with van der Waals surface area (Å²) in [5.74, 6) is -1.24. The van der Waals surface area contributed by atoms with Crippen LogP contribution in [0.15, 0.2) is 42.4 Å². The zero-order valence-electron chi connectivity index (χ0n) is 12.4. The molecule has 120 valence electrons. The average molecular weight is 316 g/mol. The molecule has 0 fully saturated rings. The molecule has 0 saturated carbocycles. The predicted molar refractivity (Wildman–Crippen MR) is 80.0 cm³/mol. The van der Waals surface area contributed by atoms with E-state index >= 15 is 0 Å². The second-order valence-corrected chi connectivity index (χ2v) is 4.57. The average Bonchev–Trinajstić information content (AvgIpc) is 2.61. The van der Waals surface area contributed by atoms with E-state index in [1.54, 1.807) is 24.3 Å². The molecule has 23 heavy (non-hydrogen) atoms. The quantitative estimate of drug-likeness (QED) is 0.736. The van der Waals surface area contributed by atoms with Gasteiger partial charge in [-0.25, -0.2) is 4.79 Å². The Balaban J connectivity index is 1.96. The van der Waals surface area contributed by atoms with Gasteiger partial charge in [-0.05, 0) is 12.1 Å². The number of carbonyl (C=O) groups is 2. The van der Waals surface area contributed by atoms with Crippen LogP contribution in [0.4, 0.5) is 5.69 Å². The molecule has 0 radical (unpaired) electrons. The lowest BCUT2D eigenvalue weighted by Crippen LogP contribution is -2.35. The van der Waals surface area contributed by atoms with Crippen LogP contribution >= 0.6 is 0 Å². The molecule has 1 heterocycles. The Kier molecular flexibility index (Phi) is 6.00. The topological polar surface area (TPSA) is 88.9 Å². The van der Waals surface area contributed by atoms with Crippen molar-refractivity contribution in [1.82, 2.24) is 0 Å². The molecule has 0 N–H and O–H groups in total. The van der Waals surface area contributed by atoms with Gasteiger partial charge in [-0.15, -0.1) is 0 Å². The van der Waals surface area contributed by atoms with Crippen molar-refractivity contribution in [1.29, 1.82) is 5.26 Å². The third-order valence-electron chi connectivity index (χ3n) is 2.99. The molecule has 1 aliphatic heterocycles. The Morgan fingerprint density at radius 1 is 1.26 bits per heavy atom. The minimum Gasteiger partial charge on any atom is -0.493 e. The van der Waals surface area contributed by atoms with Gasteiger partial charge in [0.05, 0.1) is 12.5 Å². The fourth-order valence-electron chi connectivity index (χ4n) is 1.92. The van der Waals surface area contributed by atoms with E-state index in [4.69, 9.17) is 19.5 Å². The van der Waals surface area contributed by atoms with E-state index in [1.165, 1.54) is 11.2 Å². The maximum atomic E-state index is 12.3. The smallest absolute Gasteiger partial charge is 0.377 e. The molecule has 0 atom stereocenters. The Morgan fingerprint density at radius 2 is 2.04 bits per heavy atom. The minimum atomic E-state index is -0.758. The summed E-state index contributed by atoms with van der Waals surface area (Å²) in [6.45, 7) is 0.401. The molecule has 7 heteroatoms. The summed E-state index contributed by atoms with van der Waals surface area (Å²) >= 11 is 0. The maximum Gasteiger partial charge on any atom is 0.377 e. The van der Waals surface area contributed by atoms with Crippen molar-refractivity contribution in [3.05, 3.63) is 42.4 Å². The SMILES string of the molecule is N#CCCN(C(=O)COC(=O)C1=COCCO1)c1ccccc1. The van der Waals surface area contributed by atoms with Gasteiger partial charge in [0.15, 0.2) is 6.61 Å². The van der Waals surface area contributed by atoms with E-state index in [0.717, 1.165) is 0 Å². The van der Waals surface area contributed by atoms with Crippen molar-refractivity contribution in [3.8, 4) is 6.07 Å². The van der Waals surface area contributed by atoms with E-state index in [2.05, 4.69) is 0 Å². The Labute approximate surface area is 133 Å². The first-order valence-electron chi connectivity index (χ1n) is 7.06. The van der Waals surface area contributed by atoms with Gasteiger partial charge in [-0.1, -0.05) is 18.2 Å². The van der Waals surface area contributed by atoms with Crippen molar-refractivity contribution in [2.75, 3.05) is 31.3 Å². The predicted octanol–water partition coefficient (Wildman–Crippen LogP) is 1.36. The minimum absolute atomic E-state index is 0.0627. The zero-order valence-corrected chi connectivity index (χ0v) is 12.4. The van der Waals surface area contributed by atoms with Crippen LogP contribution in [0.3, 0.4) is 0 Å². The number of esters is 1. The van der Waals surface area contributed by atoms with Crippen LogP contribution < -0.4 is 4.90 Å². The number of benzene rings is 1. The number of rotatable bonds is 6. The second-order valence-electron chi connectivity index (χ2n) is 4.57. The lowest BCUT2D eigenvalue weighted by molar-refractivity contribution is -0.148. The fourth-order valence-corrected chi connectivity index (χ4v) is 1.92. The maximum absolute atomic E-state index is 12.3. The first kappa shape index (κ1) is 16.4. The van der Waals surface area contributed by atoms with Gasteiger partial charge in [0.2, 0.25) is 5.76 Å². The summed E-state index contributed by atoms with van der Waals surface area (Å²) in [5.41, 5.74) is 0.639. The molecular formula is C16H16N2O5. The molecule has 0 spiro atoms. The molecule has 2 rings (SSSR count). The first-order valence-corrected chi connectivity index (χ1v) is 7.06. The fraction of sp³-hybridized carbons (Fsp3) is 0.312. The van der Waals surface area contributed by atoms with Crippen LogP contribution in [0, 0.1) is 11.3 Å². The summed E-state index contributed by atoms with van der Waals surface area (Å²) in [5, 5.41) is 8.72. The molecule has 0 bridgehead atoms. The second kappa shape index (κ2) is 8.44. The third kappa shape index (κ3) is 4.74. The third-order valence-corrected chi connectivity index (χ3v) is 2.99. The molecule has 0 aromatic heterocycles. The highest BCUT2D eigenvalue weighted by Crippen LogP contribution is 2.14. The largest absolute Gasteiger partial charge is 0.493 e. The van der Waals surface area contributed by atoms with Crippen LogP contribution in [-0.4, -0.2) is 38.2 Å². The standard InChI is InChI=1S/C16H16N2O5/c17-7-4-8-18(13-5-2-1-3-6-13)15(19)12-23-16(20)14-11-21-9-10-22-14/h1-3,5-6,11H,4,8-10,12H2. The van der Waals surface area contributed by atoms with Crippen LogP contribution in [0.1, 0.15) is 6.42 Å². The van der Waals surface area contributed by atoms with E-state index in [1.807, 2.05) is 12.1 Å². The molecular weight excluding hydrogens is 300 g/mol. The lowest BCUT2D eigenvalue weighted by Gasteiger charge is -2.22. The van der Waals surface area contributed by atoms with E-state index in [-0.39, 0.29) is 25.3 Å².